The highest BCUT2D eigenvalue weighted by atomic mass is 35.5. The van der Waals surface area contributed by atoms with Gasteiger partial charge in [-0.2, -0.15) is 0 Å². The summed E-state index contributed by atoms with van der Waals surface area (Å²) in [4.78, 5) is 36.9. The zero-order valence-corrected chi connectivity index (χ0v) is 24.4. The number of nitrogens with zero attached hydrogens (tertiary/aromatic N) is 4. The second-order valence-corrected chi connectivity index (χ2v) is 12.4. The molecule has 0 N–H and O–H groups in total. The molecule has 1 aliphatic heterocycles. The van der Waals surface area contributed by atoms with E-state index in [0.29, 0.717) is 28.4 Å². The molecule has 3 fully saturated rings. The highest BCUT2D eigenvalue weighted by Gasteiger charge is 2.56. The first-order valence-corrected chi connectivity index (χ1v) is 14.7. The molecule has 1 aromatic carbocycles. The van der Waals surface area contributed by atoms with E-state index in [1.165, 1.54) is 29.0 Å². The summed E-state index contributed by atoms with van der Waals surface area (Å²) >= 11 is 12.8. The zero-order chi connectivity index (χ0) is 29.5. The van der Waals surface area contributed by atoms with Gasteiger partial charge < -0.3 is 4.90 Å². The first kappa shape index (κ1) is 27.2. The Morgan fingerprint density at radius 2 is 1.81 bits per heavy atom. The third-order valence-corrected chi connectivity index (χ3v) is 9.62. The predicted octanol–water partition coefficient (Wildman–Crippen LogP) is 7.15. The van der Waals surface area contributed by atoms with E-state index in [-0.39, 0.29) is 44.9 Å². The van der Waals surface area contributed by atoms with E-state index in [2.05, 4.69) is 9.97 Å². The molecule has 4 heterocycles. The van der Waals surface area contributed by atoms with Gasteiger partial charge in [0.15, 0.2) is 5.82 Å². The van der Waals surface area contributed by atoms with Crippen molar-refractivity contribution in [1.29, 1.82) is 0 Å². The van der Waals surface area contributed by atoms with Crippen LogP contribution in [0.1, 0.15) is 70.3 Å². The molecule has 0 radical (unpaired) electrons. The number of amides is 1. The number of halogens is 4. The second-order valence-electron chi connectivity index (χ2n) is 11.6. The molecule has 1 spiro atoms. The molecule has 2 saturated carbocycles. The molecule has 3 aliphatic rings. The number of benzene rings is 1. The molecule has 4 aromatic rings. The largest absolute Gasteiger partial charge is 0.333 e. The van der Waals surface area contributed by atoms with Crippen molar-refractivity contribution in [2.24, 2.45) is 0 Å². The monoisotopic (exact) mass is 606 g/mol. The molecule has 6 nitrogen and oxygen atoms in total. The molecule has 10 heteroatoms. The molecule has 2 atom stereocenters. The van der Waals surface area contributed by atoms with Gasteiger partial charge in [-0.25, -0.2) is 8.78 Å². The van der Waals surface area contributed by atoms with Gasteiger partial charge in [0.1, 0.15) is 16.5 Å². The number of likely N-dealkylation sites (tertiary alicyclic amines) is 1. The van der Waals surface area contributed by atoms with E-state index in [9.17, 15) is 9.59 Å². The van der Waals surface area contributed by atoms with Crippen LogP contribution in [0.25, 0.3) is 16.9 Å². The number of carbonyl (C=O) groups excluding carboxylic acids is 1. The number of hydrogen-bond donors (Lipinski definition) is 0. The SMILES string of the molecule is Cc1cnc(-c2cccc(C(=O)N3CCC34CC4)c2F)c(F)c1-n1c(C)cc([C@@H]2CC2c2cncc(Cl)c2)c(Cl)c1=O. The first-order chi connectivity index (χ1) is 20.1. The van der Waals surface area contributed by atoms with Crippen molar-refractivity contribution in [3.05, 3.63) is 109 Å². The maximum absolute atomic E-state index is 16.3. The summed E-state index contributed by atoms with van der Waals surface area (Å²) < 4.78 is 33.4. The summed E-state index contributed by atoms with van der Waals surface area (Å²) in [6, 6.07) is 7.99. The Labute approximate surface area is 250 Å². The topological polar surface area (TPSA) is 68.1 Å². The Balaban J connectivity index is 1.27. The molecule has 1 unspecified atom stereocenters. The number of rotatable bonds is 5. The summed E-state index contributed by atoms with van der Waals surface area (Å²) in [6.45, 7) is 3.92. The molecule has 2 aliphatic carbocycles. The summed E-state index contributed by atoms with van der Waals surface area (Å²) in [6.07, 6.45) is 8.27. The van der Waals surface area contributed by atoms with Crippen molar-refractivity contribution in [2.75, 3.05) is 6.54 Å². The van der Waals surface area contributed by atoms with Crippen LogP contribution in [0.3, 0.4) is 0 Å². The van der Waals surface area contributed by atoms with Crippen LogP contribution in [-0.2, 0) is 0 Å². The van der Waals surface area contributed by atoms with E-state index < -0.39 is 23.1 Å². The van der Waals surface area contributed by atoms with Crippen LogP contribution in [0.15, 0.2) is 53.7 Å². The van der Waals surface area contributed by atoms with Crippen LogP contribution in [-0.4, -0.2) is 37.4 Å². The predicted molar refractivity (Wildman–Crippen MR) is 157 cm³/mol. The van der Waals surface area contributed by atoms with Gasteiger partial charge in [0.2, 0.25) is 0 Å². The molecule has 214 valence electrons. The lowest BCUT2D eigenvalue weighted by atomic mass is 9.97. The molecule has 1 saturated heterocycles. The third-order valence-electron chi connectivity index (χ3n) is 9.04. The van der Waals surface area contributed by atoms with E-state index in [1.807, 2.05) is 6.07 Å². The highest BCUT2D eigenvalue weighted by Crippen LogP contribution is 2.56. The van der Waals surface area contributed by atoms with Crippen molar-refractivity contribution in [2.45, 2.75) is 56.9 Å². The molecule has 1 amide bonds. The third kappa shape index (κ3) is 4.18. The van der Waals surface area contributed by atoms with Gasteiger partial charge in [0, 0.05) is 41.9 Å². The minimum absolute atomic E-state index is 0.00239. The van der Waals surface area contributed by atoms with Gasteiger partial charge in [-0.05, 0) is 92.3 Å². The van der Waals surface area contributed by atoms with Gasteiger partial charge in [-0.3, -0.25) is 24.1 Å². The number of hydrogen-bond acceptors (Lipinski definition) is 4. The Morgan fingerprint density at radius 1 is 1.02 bits per heavy atom. The fourth-order valence-corrected chi connectivity index (χ4v) is 6.86. The molecular weight excluding hydrogens is 581 g/mol. The summed E-state index contributed by atoms with van der Waals surface area (Å²) in [7, 11) is 0. The minimum Gasteiger partial charge on any atom is -0.333 e. The van der Waals surface area contributed by atoms with Crippen LogP contribution >= 0.6 is 23.2 Å². The van der Waals surface area contributed by atoms with E-state index in [4.69, 9.17) is 23.2 Å². The number of carbonyl (C=O) groups is 1. The lowest BCUT2D eigenvalue weighted by Gasteiger charge is -2.42. The number of pyridine rings is 3. The van der Waals surface area contributed by atoms with Crippen LogP contribution in [0.4, 0.5) is 8.78 Å². The maximum atomic E-state index is 16.3. The Kier molecular flexibility index (Phi) is 6.29. The lowest BCUT2D eigenvalue weighted by Crippen LogP contribution is -2.53. The van der Waals surface area contributed by atoms with Gasteiger partial charge in [-0.15, -0.1) is 0 Å². The van der Waals surface area contributed by atoms with E-state index >= 15 is 8.78 Å². The lowest BCUT2D eigenvalue weighted by molar-refractivity contribution is 0.0389. The molecule has 7 rings (SSSR count). The maximum Gasteiger partial charge on any atom is 0.274 e. The Morgan fingerprint density at radius 3 is 2.50 bits per heavy atom. The van der Waals surface area contributed by atoms with Crippen molar-refractivity contribution in [3.63, 3.8) is 0 Å². The zero-order valence-electron chi connectivity index (χ0n) is 22.9. The first-order valence-electron chi connectivity index (χ1n) is 13.9. The summed E-state index contributed by atoms with van der Waals surface area (Å²) in [5.41, 5.74) is 1.21. The average Bonchev–Trinajstić information content (AvgIpc) is 3.87. The van der Waals surface area contributed by atoms with Gasteiger partial charge in [0.05, 0.1) is 16.3 Å². The summed E-state index contributed by atoms with van der Waals surface area (Å²) in [5, 5.41) is 0.539. The number of aromatic nitrogens is 3. The van der Waals surface area contributed by atoms with Crippen LogP contribution in [0.2, 0.25) is 10.0 Å². The van der Waals surface area contributed by atoms with Crippen molar-refractivity contribution >= 4 is 29.1 Å². The van der Waals surface area contributed by atoms with E-state index in [1.54, 1.807) is 37.2 Å². The van der Waals surface area contributed by atoms with Crippen molar-refractivity contribution in [1.82, 2.24) is 19.4 Å². The smallest absolute Gasteiger partial charge is 0.274 e. The Bertz CT molecular complexity index is 1870. The second kappa shape index (κ2) is 9.71. The molecule has 3 aromatic heterocycles. The quantitative estimate of drug-likeness (QED) is 0.242. The normalized spacial score (nSPS) is 20.0. The number of aryl methyl sites for hydroxylation is 2. The highest BCUT2D eigenvalue weighted by molar-refractivity contribution is 6.31. The molecular formula is C32H26Cl2F2N4O2. The van der Waals surface area contributed by atoms with Crippen molar-refractivity contribution in [3.8, 4) is 16.9 Å². The summed E-state index contributed by atoms with van der Waals surface area (Å²) in [5.74, 6) is -1.97. The van der Waals surface area contributed by atoms with Crippen LogP contribution in [0.5, 0.6) is 0 Å². The van der Waals surface area contributed by atoms with Crippen LogP contribution < -0.4 is 5.56 Å². The van der Waals surface area contributed by atoms with Gasteiger partial charge >= 0.3 is 0 Å². The average molecular weight is 607 g/mol. The van der Waals surface area contributed by atoms with Gasteiger partial charge in [0.25, 0.3) is 11.5 Å². The standard InChI is InChI=1S/C32H26Cl2F2N4O2/c1-16-13-38-28(20-4-3-5-21(26(20)35)30(41)39-9-8-32(39)6-7-32)27(36)29(16)40-17(2)10-24(25(34)31(40)42)23-12-22(23)18-11-19(33)15-37-14-18/h3-5,10-11,13-15,22-23H,6-9,12H2,1-2H3/t22?,23-/m1/s1. The van der Waals surface area contributed by atoms with Crippen LogP contribution in [0, 0.1) is 25.5 Å². The van der Waals surface area contributed by atoms with Gasteiger partial charge in [-0.1, -0.05) is 29.3 Å². The molecule has 42 heavy (non-hydrogen) atoms. The van der Waals surface area contributed by atoms with Crippen molar-refractivity contribution < 1.29 is 13.6 Å². The minimum atomic E-state index is -0.871. The molecule has 0 bridgehead atoms. The van der Waals surface area contributed by atoms with E-state index in [0.717, 1.165) is 31.2 Å². The fraction of sp³-hybridized carbons (Fsp3) is 0.312. The fourth-order valence-electron chi connectivity index (χ4n) is 6.39. The Hall–Kier alpha value is -3.62.